The van der Waals surface area contributed by atoms with E-state index in [0.29, 0.717) is 23.2 Å². The van der Waals surface area contributed by atoms with Crippen LogP contribution in [0.1, 0.15) is 44.5 Å². The first-order chi connectivity index (χ1) is 15.1. The predicted octanol–water partition coefficient (Wildman–Crippen LogP) is 4.58. The Balaban J connectivity index is 1.54. The van der Waals surface area contributed by atoms with E-state index in [4.69, 9.17) is 16.3 Å². The van der Waals surface area contributed by atoms with Gasteiger partial charge in [-0.25, -0.2) is 0 Å². The smallest absolute Gasteiger partial charge is 0.406 e. The van der Waals surface area contributed by atoms with Gasteiger partial charge in [0.05, 0.1) is 6.61 Å². The van der Waals surface area contributed by atoms with E-state index < -0.39 is 18.0 Å². The van der Waals surface area contributed by atoms with Crippen LogP contribution < -0.4 is 4.74 Å². The number of halogens is 4. The van der Waals surface area contributed by atoms with Crippen LogP contribution >= 0.6 is 11.6 Å². The zero-order valence-electron chi connectivity index (χ0n) is 17.7. The summed E-state index contributed by atoms with van der Waals surface area (Å²) in [7, 11) is 2.02. The van der Waals surface area contributed by atoms with Gasteiger partial charge in [0.2, 0.25) is 0 Å². The van der Waals surface area contributed by atoms with E-state index in [-0.39, 0.29) is 17.0 Å². The first kappa shape index (κ1) is 21.7. The number of hydrogen-bond acceptors (Lipinski definition) is 6. The van der Waals surface area contributed by atoms with E-state index in [1.54, 1.807) is 6.07 Å². The van der Waals surface area contributed by atoms with Gasteiger partial charge in [0.15, 0.2) is 11.6 Å². The molecule has 7 nitrogen and oxygen atoms in total. The van der Waals surface area contributed by atoms with Crippen LogP contribution in [0.4, 0.5) is 13.2 Å². The Bertz CT molecular complexity index is 1070. The lowest BCUT2D eigenvalue weighted by Crippen LogP contribution is -2.56. The van der Waals surface area contributed by atoms with Gasteiger partial charge in [-0.05, 0) is 38.9 Å². The minimum absolute atomic E-state index is 0.0726. The third kappa shape index (κ3) is 3.48. The first-order valence-corrected chi connectivity index (χ1v) is 10.9. The minimum Gasteiger partial charge on any atom is -0.406 e. The van der Waals surface area contributed by atoms with Gasteiger partial charge in [0.1, 0.15) is 22.6 Å². The van der Waals surface area contributed by atoms with Crippen LogP contribution in [0.3, 0.4) is 0 Å². The van der Waals surface area contributed by atoms with Gasteiger partial charge in [-0.15, -0.1) is 23.4 Å². The second-order valence-corrected chi connectivity index (χ2v) is 9.42. The molecule has 0 N–H and O–H groups in total. The third-order valence-corrected chi connectivity index (χ3v) is 7.39. The van der Waals surface area contributed by atoms with Crippen LogP contribution in [0.15, 0.2) is 29.4 Å². The predicted molar refractivity (Wildman–Crippen MR) is 111 cm³/mol. The van der Waals surface area contributed by atoms with Crippen molar-refractivity contribution in [3.05, 3.63) is 30.1 Å². The molecule has 3 heterocycles. The number of likely N-dealkylation sites (N-methyl/N-ethyl adjacent to an activating group) is 1. The number of alkyl halides is 3. The first-order valence-electron chi connectivity index (χ1n) is 10.5. The Hall–Kier alpha value is -2.17. The molecule has 2 aromatic rings. The molecule has 172 valence electrons. The molecular formula is C21H23ClF3N5O2. The van der Waals surface area contributed by atoms with Crippen LogP contribution in [0.5, 0.6) is 5.75 Å². The van der Waals surface area contributed by atoms with E-state index in [9.17, 15) is 13.2 Å². The van der Waals surface area contributed by atoms with Crippen molar-refractivity contribution in [2.45, 2.75) is 50.6 Å². The van der Waals surface area contributed by atoms with Crippen LogP contribution in [0.2, 0.25) is 0 Å². The van der Waals surface area contributed by atoms with Crippen molar-refractivity contribution in [2.24, 2.45) is 10.5 Å². The monoisotopic (exact) mass is 469 g/mol. The van der Waals surface area contributed by atoms with E-state index >= 15 is 0 Å². The summed E-state index contributed by atoms with van der Waals surface area (Å²) >= 11 is 6.73. The molecule has 1 saturated heterocycles. The number of hydrogen-bond donors (Lipinski definition) is 0. The number of fused-ring (bicyclic) bond motifs is 3. The molecule has 32 heavy (non-hydrogen) atoms. The fourth-order valence-electron chi connectivity index (χ4n) is 5.11. The summed E-state index contributed by atoms with van der Waals surface area (Å²) < 4.78 is 49.9. The van der Waals surface area contributed by atoms with Gasteiger partial charge in [-0.3, -0.25) is 4.90 Å². The number of rotatable bonds is 2. The van der Waals surface area contributed by atoms with Crippen molar-refractivity contribution in [1.29, 1.82) is 0 Å². The van der Waals surface area contributed by atoms with Crippen LogP contribution in [-0.4, -0.2) is 57.0 Å². The standard InChI is InChI=1S/C21H23ClF3N5O2/c1-19-15(31-12-20(11-29(19)2)8-3-4-9-20)17-27-26-16(30(17)28-18(19)22)13-6-5-7-14(10-13)32-21(23,24)25/h5-7,10,15H,3-4,8-9,11-12H2,1-2H3. The number of ether oxygens (including phenoxy) is 2. The number of nitrogens with zero attached hydrogens (tertiary/aromatic N) is 5. The summed E-state index contributed by atoms with van der Waals surface area (Å²) in [4.78, 5) is 2.19. The topological polar surface area (TPSA) is 64.8 Å². The molecular weight excluding hydrogens is 447 g/mol. The summed E-state index contributed by atoms with van der Waals surface area (Å²) in [6.45, 7) is 3.40. The lowest BCUT2D eigenvalue weighted by Gasteiger charge is -2.43. The Kier molecular flexibility index (Phi) is 5.03. The van der Waals surface area contributed by atoms with E-state index in [1.165, 1.54) is 35.7 Å². The molecule has 2 unspecified atom stereocenters. The molecule has 11 heteroatoms. The Morgan fingerprint density at radius 3 is 2.69 bits per heavy atom. The molecule has 0 bridgehead atoms. The van der Waals surface area contributed by atoms with Crippen molar-refractivity contribution in [3.63, 3.8) is 0 Å². The molecule has 2 fully saturated rings. The minimum atomic E-state index is -4.79. The molecule has 2 aliphatic heterocycles. The molecule has 1 saturated carbocycles. The maximum atomic E-state index is 12.7. The highest BCUT2D eigenvalue weighted by Crippen LogP contribution is 2.49. The van der Waals surface area contributed by atoms with Crippen LogP contribution in [0.25, 0.3) is 11.4 Å². The molecule has 2 atom stereocenters. The average molecular weight is 470 g/mol. The van der Waals surface area contributed by atoms with Crippen LogP contribution in [0, 0.1) is 5.41 Å². The van der Waals surface area contributed by atoms with E-state index in [1.807, 2.05) is 14.0 Å². The maximum absolute atomic E-state index is 12.7. The highest BCUT2D eigenvalue weighted by atomic mass is 35.5. The average Bonchev–Trinajstić information content (AvgIpc) is 3.32. The molecule has 1 spiro atoms. The lowest BCUT2D eigenvalue weighted by atomic mass is 9.85. The zero-order valence-corrected chi connectivity index (χ0v) is 18.4. The summed E-state index contributed by atoms with van der Waals surface area (Å²) in [5, 5.41) is 13.4. The number of aromatic nitrogens is 3. The van der Waals surface area contributed by atoms with Gasteiger partial charge in [-0.1, -0.05) is 36.6 Å². The van der Waals surface area contributed by atoms with Crippen LogP contribution in [-0.2, 0) is 4.74 Å². The maximum Gasteiger partial charge on any atom is 0.573 e. The highest BCUT2D eigenvalue weighted by Gasteiger charge is 2.54. The summed E-state index contributed by atoms with van der Waals surface area (Å²) in [6.07, 6.45) is -0.763. The second-order valence-electron chi connectivity index (χ2n) is 9.06. The van der Waals surface area contributed by atoms with Crippen molar-refractivity contribution < 1.29 is 22.6 Å². The summed E-state index contributed by atoms with van der Waals surface area (Å²) in [5.41, 5.74) is -0.283. The van der Waals surface area contributed by atoms with E-state index in [0.717, 1.165) is 19.4 Å². The fraction of sp³-hybridized carbons (Fsp3) is 0.571. The highest BCUT2D eigenvalue weighted by molar-refractivity contribution is 6.67. The van der Waals surface area contributed by atoms with Crippen molar-refractivity contribution in [1.82, 2.24) is 19.8 Å². The van der Waals surface area contributed by atoms with Gasteiger partial charge in [-0.2, -0.15) is 9.78 Å². The van der Waals surface area contributed by atoms with E-state index in [2.05, 4.69) is 24.9 Å². The normalized spacial score (nSPS) is 27.6. The largest absolute Gasteiger partial charge is 0.573 e. The second kappa shape index (κ2) is 7.43. The zero-order chi connectivity index (χ0) is 22.7. The number of benzene rings is 1. The Morgan fingerprint density at radius 2 is 1.97 bits per heavy atom. The molecule has 1 aromatic heterocycles. The van der Waals surface area contributed by atoms with Gasteiger partial charge in [0, 0.05) is 17.5 Å². The molecule has 0 radical (unpaired) electrons. The molecule has 1 aromatic carbocycles. The summed E-state index contributed by atoms with van der Waals surface area (Å²) in [5.74, 6) is 0.381. The fourth-order valence-corrected chi connectivity index (χ4v) is 5.43. The van der Waals surface area contributed by atoms with Crippen molar-refractivity contribution in [2.75, 3.05) is 20.2 Å². The lowest BCUT2D eigenvalue weighted by molar-refractivity contribution is -0.274. The summed E-state index contributed by atoms with van der Waals surface area (Å²) in [6, 6.07) is 5.54. The third-order valence-electron chi connectivity index (χ3n) is 6.93. The molecule has 1 aliphatic carbocycles. The van der Waals surface area contributed by atoms with Gasteiger partial charge >= 0.3 is 6.36 Å². The van der Waals surface area contributed by atoms with Gasteiger partial charge < -0.3 is 9.47 Å². The molecule has 5 rings (SSSR count). The SMILES string of the molecule is CN1CC2(CCCC2)COC2c3nnc(-c4cccc(OC(F)(F)F)c4)n3N=C(Cl)C21C. The van der Waals surface area contributed by atoms with Crippen molar-refractivity contribution >= 4 is 16.8 Å². The Morgan fingerprint density at radius 1 is 1.22 bits per heavy atom. The molecule has 3 aliphatic rings. The van der Waals surface area contributed by atoms with Gasteiger partial charge in [0.25, 0.3) is 0 Å². The molecule has 0 amide bonds. The Labute approximate surface area is 188 Å². The van der Waals surface area contributed by atoms with Crippen molar-refractivity contribution in [3.8, 4) is 17.1 Å². The quantitative estimate of drug-likeness (QED) is 0.644.